The summed E-state index contributed by atoms with van der Waals surface area (Å²) in [4.78, 5) is 6.52. The van der Waals surface area contributed by atoms with Gasteiger partial charge < -0.3 is 9.47 Å². The molecule has 0 aliphatic carbocycles. The third-order valence-electron chi connectivity index (χ3n) is 2.32. The molecule has 0 aromatic carbocycles. The van der Waals surface area contributed by atoms with Crippen LogP contribution in [0.3, 0.4) is 0 Å². The molecule has 0 bridgehead atoms. The molecule has 0 saturated carbocycles. The van der Waals surface area contributed by atoms with Gasteiger partial charge in [0.25, 0.3) is 0 Å². The van der Waals surface area contributed by atoms with Crippen LogP contribution >= 0.6 is 0 Å². The maximum atomic E-state index is 4.27. The minimum atomic E-state index is 0.892. The van der Waals surface area contributed by atoms with Crippen molar-refractivity contribution in [1.82, 2.24) is 14.5 Å². The van der Waals surface area contributed by atoms with E-state index in [1.165, 1.54) is 5.70 Å². The Kier molecular flexibility index (Phi) is 1.64. The van der Waals surface area contributed by atoms with E-state index in [4.69, 9.17) is 0 Å². The zero-order chi connectivity index (χ0) is 8.55. The maximum absolute atomic E-state index is 4.27. The highest BCUT2D eigenvalue weighted by Crippen LogP contribution is 2.16. The molecule has 3 heteroatoms. The zero-order valence-electron chi connectivity index (χ0n) is 7.32. The third kappa shape index (κ3) is 1.02. The quantitative estimate of drug-likeness (QED) is 0.621. The van der Waals surface area contributed by atoms with E-state index in [2.05, 4.69) is 28.0 Å². The smallest absolute Gasteiger partial charge is 0.128 e. The Morgan fingerprint density at radius 3 is 3.17 bits per heavy atom. The molecule has 1 aliphatic heterocycles. The molecule has 1 aromatic rings. The second kappa shape index (κ2) is 2.66. The van der Waals surface area contributed by atoms with Crippen molar-refractivity contribution in [3.8, 4) is 0 Å². The molecule has 0 radical (unpaired) electrons. The van der Waals surface area contributed by atoms with Gasteiger partial charge in [-0.05, 0) is 6.92 Å². The monoisotopic (exact) mass is 163 g/mol. The molecule has 64 valence electrons. The fourth-order valence-corrected chi connectivity index (χ4v) is 1.55. The van der Waals surface area contributed by atoms with Gasteiger partial charge >= 0.3 is 0 Å². The summed E-state index contributed by atoms with van der Waals surface area (Å²) in [6.45, 7) is 8.98. The summed E-state index contributed by atoms with van der Waals surface area (Å²) in [5.74, 6) is 1.14. The van der Waals surface area contributed by atoms with Gasteiger partial charge in [-0.2, -0.15) is 0 Å². The maximum Gasteiger partial charge on any atom is 0.128 e. The predicted molar refractivity (Wildman–Crippen MR) is 47.5 cm³/mol. The van der Waals surface area contributed by atoms with Gasteiger partial charge in [-0.15, -0.1) is 0 Å². The van der Waals surface area contributed by atoms with Crippen LogP contribution in [-0.4, -0.2) is 21.0 Å². The summed E-state index contributed by atoms with van der Waals surface area (Å²) in [6.07, 6.45) is 3.86. The van der Waals surface area contributed by atoms with Crippen LogP contribution in [0, 0.1) is 0 Å². The Morgan fingerprint density at radius 1 is 1.58 bits per heavy atom. The van der Waals surface area contributed by atoms with Crippen LogP contribution in [0.25, 0.3) is 0 Å². The lowest BCUT2D eigenvalue weighted by Crippen LogP contribution is -2.30. The average molecular weight is 163 g/mol. The van der Waals surface area contributed by atoms with Gasteiger partial charge in [0, 0.05) is 24.6 Å². The number of hydrogen-bond donors (Lipinski definition) is 0. The highest BCUT2D eigenvalue weighted by molar-refractivity contribution is 5.06. The van der Waals surface area contributed by atoms with E-state index in [1.54, 1.807) is 0 Å². The number of hydrogen-bond acceptors (Lipinski definition) is 2. The second-order valence-electron chi connectivity index (χ2n) is 3.05. The first kappa shape index (κ1) is 7.40. The Bertz CT molecular complexity index is 300. The summed E-state index contributed by atoms with van der Waals surface area (Å²) < 4.78 is 2.15. The molecule has 3 nitrogen and oxygen atoms in total. The normalized spacial score (nSPS) is 16.4. The number of allylic oxidation sites excluding steroid dienone is 1. The molecule has 0 amide bonds. The van der Waals surface area contributed by atoms with E-state index >= 15 is 0 Å². The summed E-state index contributed by atoms with van der Waals surface area (Å²) in [5, 5.41) is 0. The van der Waals surface area contributed by atoms with Crippen molar-refractivity contribution >= 4 is 0 Å². The summed E-state index contributed by atoms with van der Waals surface area (Å²) in [7, 11) is 0. The highest BCUT2D eigenvalue weighted by atomic mass is 15.2. The van der Waals surface area contributed by atoms with E-state index in [0.717, 1.165) is 25.5 Å². The van der Waals surface area contributed by atoms with Gasteiger partial charge in [-0.1, -0.05) is 6.58 Å². The molecule has 1 aliphatic rings. The molecule has 0 atom stereocenters. The van der Waals surface area contributed by atoms with Gasteiger partial charge in [0.1, 0.15) is 5.82 Å². The zero-order valence-corrected chi connectivity index (χ0v) is 7.32. The van der Waals surface area contributed by atoms with Crippen LogP contribution < -0.4 is 0 Å². The Labute approximate surface area is 72.3 Å². The van der Waals surface area contributed by atoms with Crippen molar-refractivity contribution in [1.29, 1.82) is 0 Å². The third-order valence-corrected chi connectivity index (χ3v) is 2.32. The van der Waals surface area contributed by atoms with Crippen molar-refractivity contribution in [2.75, 3.05) is 6.54 Å². The summed E-state index contributed by atoms with van der Waals surface area (Å²) in [6, 6.07) is 0. The lowest BCUT2D eigenvalue weighted by Gasteiger charge is -2.30. The van der Waals surface area contributed by atoms with Crippen molar-refractivity contribution in [3.63, 3.8) is 0 Å². The molecule has 0 spiro atoms. The first-order valence-corrected chi connectivity index (χ1v) is 4.24. The van der Waals surface area contributed by atoms with E-state index in [9.17, 15) is 0 Å². The SMILES string of the molecule is C=C1Cn2ccnc2CN1CC. The van der Waals surface area contributed by atoms with Crippen LogP contribution in [0.5, 0.6) is 0 Å². The standard InChI is InChI=1S/C9H13N3/c1-3-11-7-9-10-4-5-12(9)6-8(11)2/h4-5H,2-3,6-7H2,1H3. The Morgan fingerprint density at radius 2 is 2.42 bits per heavy atom. The first-order chi connectivity index (χ1) is 5.81. The number of nitrogens with zero attached hydrogens (tertiary/aromatic N) is 3. The van der Waals surface area contributed by atoms with E-state index < -0.39 is 0 Å². The molecule has 2 heterocycles. The number of aromatic nitrogens is 2. The molecular weight excluding hydrogens is 150 g/mol. The summed E-state index contributed by atoms with van der Waals surface area (Å²) in [5.41, 5.74) is 1.18. The number of imidazole rings is 1. The van der Waals surface area contributed by atoms with Crippen molar-refractivity contribution in [2.45, 2.75) is 20.0 Å². The molecule has 0 saturated heterocycles. The fraction of sp³-hybridized carbons (Fsp3) is 0.444. The van der Waals surface area contributed by atoms with Gasteiger partial charge in [-0.25, -0.2) is 4.98 Å². The van der Waals surface area contributed by atoms with Crippen LogP contribution in [-0.2, 0) is 13.1 Å². The van der Waals surface area contributed by atoms with E-state index in [-0.39, 0.29) is 0 Å². The van der Waals surface area contributed by atoms with Crippen molar-refractivity contribution in [2.24, 2.45) is 0 Å². The van der Waals surface area contributed by atoms with Gasteiger partial charge in [0.05, 0.1) is 13.1 Å². The van der Waals surface area contributed by atoms with Crippen LogP contribution in [0.1, 0.15) is 12.7 Å². The minimum Gasteiger partial charge on any atom is -0.367 e. The number of rotatable bonds is 1. The average Bonchev–Trinajstić information content (AvgIpc) is 2.49. The van der Waals surface area contributed by atoms with Gasteiger partial charge in [0.2, 0.25) is 0 Å². The molecule has 0 unspecified atom stereocenters. The second-order valence-corrected chi connectivity index (χ2v) is 3.05. The molecule has 2 rings (SSSR count). The van der Waals surface area contributed by atoms with Crippen LogP contribution in [0.4, 0.5) is 0 Å². The number of likely N-dealkylation sites (N-methyl/N-ethyl adjacent to an activating group) is 1. The molecule has 0 N–H and O–H groups in total. The molecular formula is C9H13N3. The minimum absolute atomic E-state index is 0.892. The Hall–Kier alpha value is -1.25. The lowest BCUT2D eigenvalue weighted by molar-refractivity contribution is 0.294. The highest BCUT2D eigenvalue weighted by Gasteiger charge is 2.16. The van der Waals surface area contributed by atoms with Gasteiger partial charge in [0.15, 0.2) is 0 Å². The number of fused-ring (bicyclic) bond motifs is 1. The van der Waals surface area contributed by atoms with E-state index in [1.807, 2.05) is 12.4 Å². The first-order valence-electron chi connectivity index (χ1n) is 4.24. The predicted octanol–water partition coefficient (Wildman–Crippen LogP) is 1.23. The molecule has 12 heavy (non-hydrogen) atoms. The lowest BCUT2D eigenvalue weighted by atomic mass is 10.3. The van der Waals surface area contributed by atoms with E-state index in [0.29, 0.717) is 0 Å². The summed E-state index contributed by atoms with van der Waals surface area (Å²) >= 11 is 0. The van der Waals surface area contributed by atoms with Crippen molar-refractivity contribution in [3.05, 3.63) is 30.5 Å². The fourth-order valence-electron chi connectivity index (χ4n) is 1.55. The Balaban J connectivity index is 2.29. The van der Waals surface area contributed by atoms with Crippen LogP contribution in [0.2, 0.25) is 0 Å². The topological polar surface area (TPSA) is 21.1 Å². The molecule has 0 fully saturated rings. The van der Waals surface area contributed by atoms with Crippen LogP contribution in [0.15, 0.2) is 24.7 Å². The molecule has 1 aromatic heterocycles. The van der Waals surface area contributed by atoms with Gasteiger partial charge in [-0.3, -0.25) is 0 Å². The van der Waals surface area contributed by atoms with Crippen molar-refractivity contribution < 1.29 is 0 Å². The largest absolute Gasteiger partial charge is 0.367 e.